The molecule has 0 spiro atoms. The van der Waals surface area contributed by atoms with Crippen LogP contribution in [-0.4, -0.2) is 78.1 Å². The third kappa shape index (κ3) is 4.69. The minimum absolute atomic E-state index is 0.162. The van der Waals surface area contributed by atoms with Gasteiger partial charge in [-0.1, -0.05) is 11.8 Å². The Kier molecular flexibility index (Phi) is 6.77. The molecule has 1 unspecified atom stereocenters. The maximum absolute atomic E-state index is 11.7. The van der Waals surface area contributed by atoms with Crippen molar-refractivity contribution in [3.05, 3.63) is 0 Å². The highest BCUT2D eigenvalue weighted by molar-refractivity contribution is 8.16. The monoisotopic (exact) mass is 383 g/mol. The first kappa shape index (κ1) is 19.4. The molecule has 26 heavy (non-hydrogen) atoms. The van der Waals surface area contributed by atoms with Crippen LogP contribution in [0.15, 0.2) is 5.10 Å². The molecule has 3 heterocycles. The lowest BCUT2D eigenvalue weighted by molar-refractivity contribution is -0.141. The lowest BCUT2D eigenvalue weighted by Gasteiger charge is -2.41. The predicted octanol–water partition coefficient (Wildman–Crippen LogP) is 0.187. The molecule has 3 aliphatic rings. The SMILES string of the molecule is COC(=O)CCN1CCC(N2N=C(C(N)=O)SC2C2CCNCC2)CC1. The zero-order valence-corrected chi connectivity index (χ0v) is 16.2. The normalized spacial score (nSPS) is 26.0. The Morgan fingerprint density at radius 1 is 1.27 bits per heavy atom. The fourth-order valence-electron chi connectivity index (χ4n) is 3.95. The van der Waals surface area contributed by atoms with Gasteiger partial charge in [0.05, 0.1) is 19.6 Å². The molecular weight excluding hydrogens is 354 g/mol. The van der Waals surface area contributed by atoms with E-state index < -0.39 is 5.91 Å². The van der Waals surface area contributed by atoms with E-state index >= 15 is 0 Å². The summed E-state index contributed by atoms with van der Waals surface area (Å²) in [6.45, 7) is 4.65. The van der Waals surface area contributed by atoms with Crippen molar-refractivity contribution >= 4 is 28.7 Å². The molecule has 0 saturated carbocycles. The van der Waals surface area contributed by atoms with Gasteiger partial charge in [-0.2, -0.15) is 5.10 Å². The number of nitrogens with two attached hydrogens (primary N) is 1. The number of piperidine rings is 2. The number of carbonyl (C=O) groups excluding carboxylic acids is 2. The van der Waals surface area contributed by atoms with Crippen LogP contribution >= 0.6 is 11.8 Å². The Morgan fingerprint density at radius 3 is 2.58 bits per heavy atom. The first-order valence-electron chi connectivity index (χ1n) is 9.41. The molecular formula is C17H29N5O3S. The quantitative estimate of drug-likeness (QED) is 0.632. The second-order valence-electron chi connectivity index (χ2n) is 7.14. The van der Waals surface area contributed by atoms with Crippen LogP contribution in [0.25, 0.3) is 0 Å². The molecule has 1 amide bonds. The largest absolute Gasteiger partial charge is 0.469 e. The van der Waals surface area contributed by atoms with Crippen molar-refractivity contribution in [3.63, 3.8) is 0 Å². The number of hydrogen-bond acceptors (Lipinski definition) is 8. The number of hydrogen-bond donors (Lipinski definition) is 2. The number of amides is 1. The van der Waals surface area contributed by atoms with Gasteiger partial charge in [0, 0.05) is 19.6 Å². The van der Waals surface area contributed by atoms with Crippen molar-refractivity contribution in [1.82, 2.24) is 15.2 Å². The first-order valence-corrected chi connectivity index (χ1v) is 10.3. The summed E-state index contributed by atoms with van der Waals surface area (Å²) in [5.41, 5.74) is 5.50. The van der Waals surface area contributed by atoms with E-state index in [0.29, 0.717) is 23.4 Å². The van der Waals surface area contributed by atoms with Crippen molar-refractivity contribution in [2.45, 2.75) is 43.5 Å². The van der Waals surface area contributed by atoms with Gasteiger partial charge in [-0.25, -0.2) is 0 Å². The Balaban J connectivity index is 1.58. The molecule has 8 nitrogen and oxygen atoms in total. The summed E-state index contributed by atoms with van der Waals surface area (Å²) in [7, 11) is 1.43. The van der Waals surface area contributed by atoms with Crippen LogP contribution in [0, 0.1) is 5.92 Å². The highest BCUT2D eigenvalue weighted by Gasteiger charge is 2.40. The summed E-state index contributed by atoms with van der Waals surface area (Å²) in [4.78, 5) is 25.3. The number of nitrogens with one attached hydrogen (secondary N) is 1. The van der Waals surface area contributed by atoms with Gasteiger partial charge in [0.15, 0.2) is 5.04 Å². The lowest BCUT2D eigenvalue weighted by atomic mass is 9.95. The molecule has 0 aromatic rings. The number of likely N-dealkylation sites (tertiary alicyclic amines) is 1. The van der Waals surface area contributed by atoms with Crippen LogP contribution in [0.4, 0.5) is 0 Å². The first-order chi connectivity index (χ1) is 12.6. The molecule has 1 atom stereocenters. The molecule has 0 radical (unpaired) electrons. The fourth-order valence-corrected chi connectivity index (χ4v) is 5.23. The summed E-state index contributed by atoms with van der Waals surface area (Å²) in [5.74, 6) is -0.0594. The number of esters is 1. The van der Waals surface area contributed by atoms with Crippen molar-refractivity contribution in [2.75, 3.05) is 39.8 Å². The standard InChI is InChI=1S/C17H29N5O3S/c1-25-14(23)6-11-21-9-4-13(5-10-21)22-17(12-2-7-19-8-3-12)26-16(20-22)15(18)24/h12-13,17,19H,2-11H2,1H3,(H2,18,24). The molecule has 3 aliphatic heterocycles. The molecule has 0 aromatic carbocycles. The Bertz CT molecular complexity index is 545. The van der Waals surface area contributed by atoms with Gasteiger partial charge in [0.1, 0.15) is 5.37 Å². The lowest BCUT2D eigenvalue weighted by Crippen LogP contribution is -2.48. The molecule has 2 saturated heterocycles. The molecule has 9 heteroatoms. The number of hydrazone groups is 1. The van der Waals surface area contributed by atoms with Crippen LogP contribution in [0.1, 0.15) is 32.1 Å². The smallest absolute Gasteiger partial charge is 0.306 e. The summed E-state index contributed by atoms with van der Waals surface area (Å²) >= 11 is 1.54. The van der Waals surface area contributed by atoms with E-state index in [9.17, 15) is 9.59 Å². The Morgan fingerprint density at radius 2 is 1.96 bits per heavy atom. The van der Waals surface area contributed by atoms with E-state index in [1.54, 1.807) is 11.8 Å². The third-order valence-electron chi connectivity index (χ3n) is 5.49. The topological polar surface area (TPSA) is 100 Å². The van der Waals surface area contributed by atoms with Crippen LogP contribution < -0.4 is 11.1 Å². The molecule has 146 valence electrons. The number of carbonyl (C=O) groups is 2. The number of ether oxygens (including phenoxy) is 1. The highest BCUT2D eigenvalue weighted by Crippen LogP contribution is 2.38. The van der Waals surface area contributed by atoms with E-state index in [1.165, 1.54) is 7.11 Å². The highest BCUT2D eigenvalue weighted by atomic mass is 32.2. The van der Waals surface area contributed by atoms with Crippen LogP contribution in [0.3, 0.4) is 0 Å². The molecule has 2 fully saturated rings. The van der Waals surface area contributed by atoms with Crippen LogP contribution in [0.2, 0.25) is 0 Å². The second-order valence-corrected chi connectivity index (χ2v) is 8.25. The van der Waals surface area contributed by atoms with E-state index in [0.717, 1.165) is 58.4 Å². The molecule has 0 aliphatic carbocycles. The van der Waals surface area contributed by atoms with Gasteiger partial charge in [0.25, 0.3) is 5.91 Å². The summed E-state index contributed by atoms with van der Waals surface area (Å²) in [6.07, 6.45) is 4.61. The maximum atomic E-state index is 11.7. The average Bonchev–Trinajstić information content (AvgIpc) is 3.13. The number of primary amides is 1. The minimum atomic E-state index is -0.424. The molecule has 3 rings (SSSR count). The van der Waals surface area contributed by atoms with E-state index in [4.69, 9.17) is 10.5 Å². The van der Waals surface area contributed by atoms with Gasteiger partial charge in [-0.05, 0) is 44.7 Å². The van der Waals surface area contributed by atoms with E-state index in [2.05, 4.69) is 20.3 Å². The fraction of sp³-hybridized carbons (Fsp3) is 0.824. The van der Waals surface area contributed by atoms with Crippen LogP contribution in [-0.2, 0) is 14.3 Å². The van der Waals surface area contributed by atoms with Gasteiger partial charge in [0.2, 0.25) is 0 Å². The molecule has 0 bridgehead atoms. The van der Waals surface area contributed by atoms with Crippen LogP contribution in [0.5, 0.6) is 0 Å². The summed E-state index contributed by atoms with van der Waals surface area (Å²) in [5, 5.41) is 10.8. The third-order valence-corrected chi connectivity index (χ3v) is 6.84. The van der Waals surface area contributed by atoms with Crippen molar-refractivity contribution in [1.29, 1.82) is 0 Å². The maximum Gasteiger partial charge on any atom is 0.306 e. The molecule has 0 aromatic heterocycles. The summed E-state index contributed by atoms with van der Waals surface area (Å²) in [6, 6.07) is 0.327. The molecule has 3 N–H and O–H groups in total. The number of rotatable bonds is 6. The van der Waals surface area contributed by atoms with E-state index in [1.807, 2.05) is 0 Å². The number of thioether (sulfide) groups is 1. The Hall–Kier alpha value is -1.32. The number of nitrogens with zero attached hydrogens (tertiary/aromatic N) is 3. The van der Waals surface area contributed by atoms with Crippen molar-refractivity contribution in [2.24, 2.45) is 16.8 Å². The Labute approximate surface area is 158 Å². The van der Waals surface area contributed by atoms with Gasteiger partial charge < -0.3 is 20.7 Å². The summed E-state index contributed by atoms with van der Waals surface area (Å²) < 4.78 is 4.72. The zero-order valence-electron chi connectivity index (χ0n) is 15.4. The zero-order chi connectivity index (χ0) is 18.5. The second kappa shape index (κ2) is 9.05. The average molecular weight is 384 g/mol. The van der Waals surface area contributed by atoms with Gasteiger partial charge in [-0.3, -0.25) is 14.6 Å². The van der Waals surface area contributed by atoms with Gasteiger partial charge in [-0.15, -0.1) is 0 Å². The number of methoxy groups -OCH3 is 1. The predicted molar refractivity (Wildman–Crippen MR) is 102 cm³/mol. The van der Waals surface area contributed by atoms with Gasteiger partial charge >= 0.3 is 5.97 Å². The van der Waals surface area contributed by atoms with E-state index in [-0.39, 0.29) is 11.3 Å². The minimum Gasteiger partial charge on any atom is -0.469 e. The van der Waals surface area contributed by atoms with Crippen molar-refractivity contribution in [3.8, 4) is 0 Å². The van der Waals surface area contributed by atoms with Crippen molar-refractivity contribution < 1.29 is 14.3 Å².